The number of pyridine rings is 1. The van der Waals surface area contributed by atoms with E-state index in [2.05, 4.69) is 32.3 Å². The fraction of sp³-hybridized carbons (Fsp3) is 0.435. The van der Waals surface area contributed by atoms with Gasteiger partial charge in [-0.05, 0) is 55.8 Å². The Balaban J connectivity index is 1.49. The van der Waals surface area contributed by atoms with E-state index in [0.717, 1.165) is 43.6 Å². The van der Waals surface area contributed by atoms with Crippen molar-refractivity contribution in [3.63, 3.8) is 0 Å². The van der Waals surface area contributed by atoms with Gasteiger partial charge in [0.15, 0.2) is 0 Å². The van der Waals surface area contributed by atoms with Crippen LogP contribution in [-0.4, -0.2) is 40.9 Å². The molecule has 6 heteroatoms. The van der Waals surface area contributed by atoms with E-state index in [-0.39, 0.29) is 0 Å². The van der Waals surface area contributed by atoms with Gasteiger partial charge in [0, 0.05) is 37.1 Å². The topological polar surface area (TPSA) is 67.1 Å². The number of nitrogens with zero attached hydrogens (tertiary/aromatic N) is 4. The van der Waals surface area contributed by atoms with Gasteiger partial charge in [0.2, 0.25) is 5.89 Å². The average Bonchev–Trinajstić information content (AvgIpc) is 3.51. The summed E-state index contributed by atoms with van der Waals surface area (Å²) < 4.78 is 6.10. The number of hydrogen-bond donors (Lipinski definition) is 1. The van der Waals surface area contributed by atoms with Crippen LogP contribution in [0, 0.1) is 0 Å². The van der Waals surface area contributed by atoms with Gasteiger partial charge in [-0.25, -0.2) is 0 Å². The molecule has 0 amide bonds. The van der Waals surface area contributed by atoms with Crippen LogP contribution in [0.4, 0.5) is 5.69 Å². The zero-order valence-electron chi connectivity index (χ0n) is 16.8. The lowest BCUT2D eigenvalue weighted by molar-refractivity contribution is 0.423. The predicted octanol–water partition coefficient (Wildman–Crippen LogP) is 4.25. The Morgan fingerprint density at radius 2 is 1.76 bits per heavy atom. The number of benzene rings is 1. The number of rotatable bonds is 6. The van der Waals surface area contributed by atoms with Crippen molar-refractivity contribution in [1.82, 2.24) is 20.5 Å². The van der Waals surface area contributed by atoms with E-state index in [1.807, 2.05) is 42.7 Å². The van der Waals surface area contributed by atoms with E-state index in [1.54, 1.807) is 0 Å². The summed E-state index contributed by atoms with van der Waals surface area (Å²) in [4.78, 5) is 7.04. The van der Waals surface area contributed by atoms with E-state index < -0.39 is 0 Å². The molecule has 0 spiro atoms. The molecule has 6 nitrogen and oxygen atoms in total. The predicted molar refractivity (Wildman–Crippen MR) is 114 cm³/mol. The molecule has 0 atom stereocenters. The Kier molecular flexibility index (Phi) is 5.02. The van der Waals surface area contributed by atoms with Crippen molar-refractivity contribution in [3.8, 4) is 22.9 Å². The zero-order chi connectivity index (χ0) is 19.6. The van der Waals surface area contributed by atoms with Gasteiger partial charge in [0.1, 0.15) is 0 Å². The van der Waals surface area contributed by atoms with Crippen molar-refractivity contribution in [1.29, 1.82) is 0 Å². The molecule has 1 aromatic carbocycles. The summed E-state index contributed by atoms with van der Waals surface area (Å²) in [7, 11) is 0. The van der Waals surface area contributed by atoms with Crippen LogP contribution in [0.25, 0.3) is 22.9 Å². The van der Waals surface area contributed by atoms with Gasteiger partial charge in [0.25, 0.3) is 5.89 Å². The minimum atomic E-state index is 0.550. The maximum atomic E-state index is 6.10. The molecule has 1 aliphatic heterocycles. The smallest absolute Gasteiger partial charge is 0.251 e. The van der Waals surface area contributed by atoms with Crippen molar-refractivity contribution in [3.05, 3.63) is 48.3 Å². The highest BCUT2D eigenvalue weighted by Gasteiger charge is 2.32. The molecule has 1 saturated carbocycles. The summed E-state index contributed by atoms with van der Waals surface area (Å²) in [6.07, 6.45) is 8.72. The molecule has 5 rings (SSSR count). The van der Waals surface area contributed by atoms with Crippen LogP contribution in [-0.2, 0) is 0 Å². The molecule has 1 saturated heterocycles. The third-order valence-corrected chi connectivity index (χ3v) is 5.94. The van der Waals surface area contributed by atoms with Crippen LogP contribution in [0.1, 0.15) is 44.1 Å². The van der Waals surface area contributed by atoms with Crippen LogP contribution < -0.4 is 10.2 Å². The molecule has 1 aliphatic carbocycles. The van der Waals surface area contributed by atoms with Crippen LogP contribution >= 0.6 is 0 Å². The second-order valence-electron chi connectivity index (χ2n) is 8.00. The van der Waals surface area contributed by atoms with Gasteiger partial charge >= 0.3 is 0 Å². The van der Waals surface area contributed by atoms with Crippen molar-refractivity contribution in [2.24, 2.45) is 0 Å². The SMILES string of the molecule is CCNC1CCN(c2c(-c3nnc(-c4ccccc4)o3)cncc2C2CC2)CC1. The van der Waals surface area contributed by atoms with E-state index in [9.17, 15) is 0 Å². The molecule has 0 bridgehead atoms. The molecule has 29 heavy (non-hydrogen) atoms. The lowest BCUT2D eigenvalue weighted by Crippen LogP contribution is -2.43. The van der Waals surface area contributed by atoms with E-state index in [1.165, 1.54) is 24.1 Å². The molecule has 0 radical (unpaired) electrons. The van der Waals surface area contributed by atoms with Gasteiger partial charge < -0.3 is 14.6 Å². The second-order valence-corrected chi connectivity index (χ2v) is 8.00. The third-order valence-electron chi connectivity index (χ3n) is 5.94. The Bertz CT molecular complexity index is 958. The molecular weight excluding hydrogens is 362 g/mol. The number of aromatic nitrogens is 3. The molecule has 1 N–H and O–H groups in total. The first-order valence-electron chi connectivity index (χ1n) is 10.7. The second kappa shape index (κ2) is 7.95. The van der Waals surface area contributed by atoms with Gasteiger partial charge in [-0.15, -0.1) is 10.2 Å². The molecule has 2 aliphatic rings. The Morgan fingerprint density at radius 1 is 1.00 bits per heavy atom. The molecule has 0 unspecified atom stereocenters. The van der Waals surface area contributed by atoms with Gasteiger partial charge in [-0.3, -0.25) is 4.98 Å². The summed E-state index contributed by atoms with van der Waals surface area (Å²) in [6.45, 7) is 5.28. The lowest BCUT2D eigenvalue weighted by atomic mass is 10.00. The lowest BCUT2D eigenvalue weighted by Gasteiger charge is -2.35. The molecule has 2 aromatic heterocycles. The zero-order valence-corrected chi connectivity index (χ0v) is 16.8. The number of hydrogen-bond acceptors (Lipinski definition) is 6. The van der Waals surface area contributed by atoms with E-state index in [0.29, 0.717) is 23.7 Å². The van der Waals surface area contributed by atoms with Crippen molar-refractivity contribution in [2.45, 2.75) is 44.6 Å². The van der Waals surface area contributed by atoms with Crippen LogP contribution in [0.5, 0.6) is 0 Å². The van der Waals surface area contributed by atoms with Crippen molar-refractivity contribution in [2.75, 3.05) is 24.5 Å². The van der Waals surface area contributed by atoms with Gasteiger partial charge in [-0.1, -0.05) is 25.1 Å². The fourth-order valence-corrected chi connectivity index (χ4v) is 4.30. The quantitative estimate of drug-likeness (QED) is 0.680. The summed E-state index contributed by atoms with van der Waals surface area (Å²) in [6, 6.07) is 10.5. The average molecular weight is 390 g/mol. The Labute approximate surface area is 171 Å². The first-order chi connectivity index (χ1) is 14.3. The van der Waals surface area contributed by atoms with Gasteiger partial charge in [-0.2, -0.15) is 0 Å². The largest absolute Gasteiger partial charge is 0.416 e. The summed E-state index contributed by atoms with van der Waals surface area (Å²) >= 11 is 0. The van der Waals surface area contributed by atoms with Gasteiger partial charge in [0.05, 0.1) is 11.3 Å². The first kappa shape index (κ1) is 18.3. The minimum Gasteiger partial charge on any atom is -0.416 e. The molecule has 2 fully saturated rings. The van der Waals surface area contributed by atoms with Crippen molar-refractivity contribution < 1.29 is 4.42 Å². The number of nitrogens with one attached hydrogen (secondary N) is 1. The first-order valence-corrected chi connectivity index (χ1v) is 10.7. The summed E-state index contributed by atoms with van der Waals surface area (Å²) in [5.74, 6) is 1.72. The highest BCUT2D eigenvalue weighted by Crippen LogP contribution is 2.47. The highest BCUT2D eigenvalue weighted by molar-refractivity contribution is 5.77. The molecular formula is C23H27N5O. The van der Waals surface area contributed by atoms with E-state index in [4.69, 9.17) is 4.42 Å². The molecule has 3 heterocycles. The van der Waals surface area contributed by atoms with Crippen LogP contribution in [0.3, 0.4) is 0 Å². The Morgan fingerprint density at radius 3 is 2.48 bits per heavy atom. The number of piperidine rings is 1. The standard InChI is InChI=1S/C23H27N5O/c1-2-25-18-10-12-28(13-11-18)21-19(16-8-9-16)14-24-15-20(21)23-27-26-22(29-23)17-6-4-3-5-7-17/h3-7,14-16,18,25H,2,8-13H2,1H3. The van der Waals surface area contributed by atoms with E-state index >= 15 is 0 Å². The maximum Gasteiger partial charge on any atom is 0.251 e. The fourth-order valence-electron chi connectivity index (χ4n) is 4.30. The summed E-state index contributed by atoms with van der Waals surface area (Å²) in [5.41, 5.74) is 4.49. The summed E-state index contributed by atoms with van der Waals surface area (Å²) in [5, 5.41) is 12.3. The highest BCUT2D eigenvalue weighted by atomic mass is 16.4. The monoisotopic (exact) mass is 389 g/mol. The maximum absolute atomic E-state index is 6.10. The van der Waals surface area contributed by atoms with Crippen LogP contribution in [0.15, 0.2) is 47.1 Å². The number of anilines is 1. The molecule has 3 aromatic rings. The molecule has 150 valence electrons. The third kappa shape index (κ3) is 3.77. The normalized spacial score (nSPS) is 17.6. The Hall–Kier alpha value is -2.73. The van der Waals surface area contributed by atoms with Crippen LogP contribution in [0.2, 0.25) is 0 Å². The van der Waals surface area contributed by atoms with Crippen molar-refractivity contribution >= 4 is 5.69 Å². The minimum absolute atomic E-state index is 0.550.